The molecule has 2 amide bonds. The number of carbonyl (C=O) groups excluding carboxylic acids is 2. The maximum absolute atomic E-state index is 11.8. The summed E-state index contributed by atoms with van der Waals surface area (Å²) < 4.78 is 0. The Morgan fingerprint density at radius 2 is 2.18 bits per heavy atom. The van der Waals surface area contributed by atoms with Gasteiger partial charge in [0.1, 0.15) is 0 Å². The summed E-state index contributed by atoms with van der Waals surface area (Å²) in [6.45, 7) is 1.91. The van der Waals surface area contributed by atoms with Crippen molar-refractivity contribution in [3.63, 3.8) is 0 Å². The Morgan fingerprint density at radius 3 is 2.76 bits per heavy atom. The fourth-order valence-electron chi connectivity index (χ4n) is 1.88. The number of nitrogens with two attached hydrogens (primary N) is 1. The lowest BCUT2D eigenvalue weighted by Crippen LogP contribution is -2.43. The van der Waals surface area contributed by atoms with E-state index in [1.54, 1.807) is 11.0 Å². The first-order chi connectivity index (χ1) is 8.00. The number of hydrogen-bond donors (Lipinski definition) is 1. The summed E-state index contributed by atoms with van der Waals surface area (Å²) in [5.41, 5.74) is 5.27. The molecule has 0 radical (unpaired) electrons. The molecule has 1 aliphatic rings. The van der Waals surface area contributed by atoms with Gasteiger partial charge in [-0.15, -0.1) is 0 Å². The first kappa shape index (κ1) is 13.7. The number of likely N-dealkylation sites (N-methyl/N-ethyl adjacent to an activating group) is 1. The van der Waals surface area contributed by atoms with Crippen LogP contribution in [0, 0.1) is 5.92 Å². The van der Waals surface area contributed by atoms with Crippen LogP contribution in [0.2, 0.25) is 0 Å². The van der Waals surface area contributed by atoms with Gasteiger partial charge in [0, 0.05) is 25.7 Å². The molecule has 5 heteroatoms. The molecule has 5 nitrogen and oxygen atoms in total. The largest absolute Gasteiger partial charge is 0.369 e. The Hall–Kier alpha value is -1.36. The molecule has 1 unspecified atom stereocenters. The molecule has 0 aromatic carbocycles. The molecule has 0 aliphatic carbocycles. The van der Waals surface area contributed by atoms with Gasteiger partial charge in [0.05, 0.1) is 5.92 Å². The summed E-state index contributed by atoms with van der Waals surface area (Å²) in [6, 6.07) is 0. The fourth-order valence-corrected chi connectivity index (χ4v) is 1.88. The molecule has 2 N–H and O–H groups in total. The molecular weight excluding hydrogens is 218 g/mol. The van der Waals surface area contributed by atoms with Crippen LogP contribution >= 0.6 is 0 Å². The van der Waals surface area contributed by atoms with E-state index in [4.69, 9.17) is 5.73 Å². The zero-order valence-corrected chi connectivity index (χ0v) is 10.6. The zero-order chi connectivity index (χ0) is 12.8. The Balaban J connectivity index is 2.46. The Kier molecular flexibility index (Phi) is 5.15. The van der Waals surface area contributed by atoms with Crippen LogP contribution in [0.25, 0.3) is 0 Å². The van der Waals surface area contributed by atoms with E-state index in [0.29, 0.717) is 6.54 Å². The van der Waals surface area contributed by atoms with E-state index in [1.165, 1.54) is 0 Å². The minimum atomic E-state index is -0.306. The van der Waals surface area contributed by atoms with E-state index in [0.717, 1.165) is 25.9 Å². The van der Waals surface area contributed by atoms with Gasteiger partial charge in [-0.3, -0.25) is 9.59 Å². The first-order valence-corrected chi connectivity index (χ1v) is 5.90. The quantitative estimate of drug-likeness (QED) is 0.693. The highest BCUT2D eigenvalue weighted by Crippen LogP contribution is 2.16. The number of nitrogens with zero attached hydrogens (tertiary/aromatic N) is 2. The van der Waals surface area contributed by atoms with Crippen molar-refractivity contribution >= 4 is 11.8 Å². The van der Waals surface area contributed by atoms with Gasteiger partial charge in [0.25, 0.3) is 0 Å². The van der Waals surface area contributed by atoms with Crippen LogP contribution in [0.4, 0.5) is 0 Å². The van der Waals surface area contributed by atoms with Gasteiger partial charge in [0.15, 0.2) is 0 Å². The molecule has 17 heavy (non-hydrogen) atoms. The van der Waals surface area contributed by atoms with Crippen LogP contribution in [0.3, 0.4) is 0 Å². The van der Waals surface area contributed by atoms with Gasteiger partial charge in [-0.2, -0.15) is 0 Å². The summed E-state index contributed by atoms with van der Waals surface area (Å²) >= 11 is 0. The Bertz CT molecular complexity index is 313. The highest BCUT2D eigenvalue weighted by molar-refractivity contribution is 5.88. The third-order valence-electron chi connectivity index (χ3n) is 2.87. The lowest BCUT2D eigenvalue weighted by molar-refractivity contribution is -0.130. The molecule has 1 aliphatic heterocycles. The number of rotatable bonds is 4. The third-order valence-corrected chi connectivity index (χ3v) is 2.87. The van der Waals surface area contributed by atoms with E-state index < -0.39 is 0 Å². The monoisotopic (exact) mass is 239 g/mol. The molecule has 0 bridgehead atoms. The van der Waals surface area contributed by atoms with Crippen molar-refractivity contribution < 1.29 is 9.59 Å². The molecule has 1 saturated heterocycles. The smallest absolute Gasteiger partial charge is 0.246 e. The lowest BCUT2D eigenvalue weighted by Gasteiger charge is -2.30. The van der Waals surface area contributed by atoms with Gasteiger partial charge in [-0.05, 0) is 26.9 Å². The second-order valence-electron chi connectivity index (χ2n) is 4.69. The molecule has 0 spiro atoms. The van der Waals surface area contributed by atoms with Crippen molar-refractivity contribution in [3.05, 3.63) is 12.2 Å². The van der Waals surface area contributed by atoms with Gasteiger partial charge in [-0.1, -0.05) is 6.08 Å². The number of hydrogen-bond acceptors (Lipinski definition) is 3. The van der Waals surface area contributed by atoms with Gasteiger partial charge < -0.3 is 15.5 Å². The summed E-state index contributed by atoms with van der Waals surface area (Å²) in [5.74, 6) is -0.521. The second-order valence-corrected chi connectivity index (χ2v) is 4.69. The van der Waals surface area contributed by atoms with E-state index in [9.17, 15) is 9.59 Å². The predicted molar refractivity (Wildman–Crippen MR) is 66.2 cm³/mol. The maximum atomic E-state index is 11.8. The highest BCUT2D eigenvalue weighted by Gasteiger charge is 2.25. The highest BCUT2D eigenvalue weighted by atomic mass is 16.2. The minimum absolute atomic E-state index is 0.0298. The number of piperidine rings is 1. The third kappa shape index (κ3) is 4.56. The van der Waals surface area contributed by atoms with Crippen LogP contribution in [0.1, 0.15) is 12.8 Å². The maximum Gasteiger partial charge on any atom is 0.246 e. The Morgan fingerprint density at radius 1 is 1.47 bits per heavy atom. The van der Waals surface area contributed by atoms with Crippen molar-refractivity contribution in [2.45, 2.75) is 12.8 Å². The SMILES string of the molecule is CN(C)C/C=C/C(=O)N1CCCC(C(N)=O)C1. The fraction of sp³-hybridized carbons (Fsp3) is 0.667. The molecule has 1 atom stereocenters. The summed E-state index contributed by atoms with van der Waals surface area (Å²) in [6.07, 6.45) is 5.04. The lowest BCUT2D eigenvalue weighted by atomic mass is 9.97. The van der Waals surface area contributed by atoms with E-state index in [-0.39, 0.29) is 17.7 Å². The standard InChI is InChI=1S/C12H21N3O2/c1-14(2)7-4-6-11(16)15-8-3-5-10(9-15)12(13)17/h4,6,10H,3,5,7-9H2,1-2H3,(H2,13,17)/b6-4+. The van der Waals surface area contributed by atoms with Crippen LogP contribution < -0.4 is 5.73 Å². The summed E-state index contributed by atoms with van der Waals surface area (Å²) in [7, 11) is 3.89. The second kappa shape index (κ2) is 6.39. The van der Waals surface area contributed by atoms with Crippen molar-refractivity contribution in [2.75, 3.05) is 33.7 Å². The molecule has 0 aromatic rings. The number of carbonyl (C=O) groups is 2. The molecule has 96 valence electrons. The van der Waals surface area contributed by atoms with Crippen LogP contribution in [-0.2, 0) is 9.59 Å². The minimum Gasteiger partial charge on any atom is -0.369 e. The molecule has 0 aromatic heterocycles. The van der Waals surface area contributed by atoms with Gasteiger partial charge in [-0.25, -0.2) is 0 Å². The van der Waals surface area contributed by atoms with Crippen LogP contribution in [0.5, 0.6) is 0 Å². The van der Waals surface area contributed by atoms with Crippen molar-refractivity contribution in [2.24, 2.45) is 11.7 Å². The van der Waals surface area contributed by atoms with Crippen molar-refractivity contribution in [1.29, 1.82) is 0 Å². The van der Waals surface area contributed by atoms with E-state index in [2.05, 4.69) is 0 Å². The number of likely N-dealkylation sites (tertiary alicyclic amines) is 1. The molecule has 1 heterocycles. The van der Waals surface area contributed by atoms with Gasteiger partial charge >= 0.3 is 0 Å². The first-order valence-electron chi connectivity index (χ1n) is 5.90. The molecular formula is C12H21N3O2. The van der Waals surface area contributed by atoms with E-state index >= 15 is 0 Å². The Labute approximate surface area is 102 Å². The zero-order valence-electron chi connectivity index (χ0n) is 10.6. The van der Waals surface area contributed by atoms with E-state index in [1.807, 2.05) is 25.1 Å². The normalized spacial score (nSPS) is 21.1. The molecule has 1 rings (SSSR count). The van der Waals surface area contributed by atoms with Crippen molar-refractivity contribution in [1.82, 2.24) is 9.80 Å². The number of primary amides is 1. The van der Waals surface area contributed by atoms with Crippen LogP contribution in [-0.4, -0.2) is 55.3 Å². The molecule has 0 saturated carbocycles. The predicted octanol–water partition coefficient (Wildman–Crippen LogP) is -0.172. The van der Waals surface area contributed by atoms with Gasteiger partial charge in [0.2, 0.25) is 11.8 Å². The summed E-state index contributed by atoms with van der Waals surface area (Å²) in [5, 5.41) is 0. The number of amides is 2. The average molecular weight is 239 g/mol. The average Bonchev–Trinajstić information content (AvgIpc) is 2.28. The summed E-state index contributed by atoms with van der Waals surface area (Å²) in [4.78, 5) is 26.6. The van der Waals surface area contributed by atoms with Crippen LogP contribution in [0.15, 0.2) is 12.2 Å². The molecule has 1 fully saturated rings. The van der Waals surface area contributed by atoms with Crippen molar-refractivity contribution in [3.8, 4) is 0 Å². The topological polar surface area (TPSA) is 66.6 Å².